The number of benzene rings is 2. The number of halogens is 1. The van der Waals surface area contributed by atoms with Gasteiger partial charge in [0.2, 0.25) is 0 Å². The summed E-state index contributed by atoms with van der Waals surface area (Å²) in [6.07, 6.45) is 2.48. The Balaban J connectivity index is 1.76. The molecule has 0 aliphatic rings. The number of aromatic nitrogens is 1. The number of nitrogens with zero attached hydrogens (tertiary/aromatic N) is 2. The molecule has 3 rings (SSSR count). The lowest BCUT2D eigenvalue weighted by Gasteiger charge is -2.04. The van der Waals surface area contributed by atoms with Crippen LogP contribution < -0.4 is 4.74 Å². The fourth-order valence-electron chi connectivity index (χ4n) is 2.11. The maximum atomic E-state index is 6.27. The molecule has 24 heavy (non-hydrogen) atoms. The number of hydrogen-bond acceptors (Lipinski definition) is 2. The molecule has 0 bridgehead atoms. The summed E-state index contributed by atoms with van der Waals surface area (Å²) < 4.78 is 5.74. The van der Waals surface area contributed by atoms with E-state index in [-0.39, 0.29) is 0 Å². The van der Waals surface area contributed by atoms with Crippen LogP contribution in [-0.4, -0.2) is 4.98 Å². The monoisotopic (exact) mass is 334 g/mol. The zero-order valence-corrected chi connectivity index (χ0v) is 13.9. The van der Waals surface area contributed by atoms with Gasteiger partial charge in [0.05, 0.1) is 5.69 Å². The Kier molecular flexibility index (Phi) is 5.10. The first-order valence-electron chi connectivity index (χ1n) is 7.60. The van der Waals surface area contributed by atoms with Crippen molar-refractivity contribution in [2.75, 3.05) is 0 Å². The molecule has 0 fully saturated rings. The smallest absolute Gasteiger partial charge is 0.362 e. The molecule has 0 N–H and O–H groups in total. The highest BCUT2D eigenvalue weighted by Gasteiger charge is 2.13. The summed E-state index contributed by atoms with van der Waals surface area (Å²) in [5.74, 6) is 1.52. The lowest BCUT2D eigenvalue weighted by atomic mass is 10.2. The molecule has 0 aliphatic heterocycles. The van der Waals surface area contributed by atoms with Gasteiger partial charge < -0.3 is 4.74 Å². The molecule has 2 aromatic carbocycles. The normalized spacial score (nSPS) is 9.92. The van der Waals surface area contributed by atoms with Crippen molar-refractivity contribution in [3.63, 3.8) is 0 Å². The highest BCUT2D eigenvalue weighted by atomic mass is 35.5. The van der Waals surface area contributed by atoms with Crippen molar-refractivity contribution in [2.45, 2.75) is 13.3 Å². The van der Waals surface area contributed by atoms with E-state index in [1.165, 1.54) is 0 Å². The number of ether oxygens (including phenoxy) is 1. The third-order valence-electron chi connectivity index (χ3n) is 3.36. The molecule has 4 heteroatoms. The SMILES string of the molecule is CCc1nccc([N+]#Cc2ccc(Oc3cc[c]cc3)cc2)c1Cl. The van der Waals surface area contributed by atoms with Crippen molar-refractivity contribution in [3.8, 4) is 17.6 Å². The van der Waals surface area contributed by atoms with E-state index in [2.05, 4.69) is 22.0 Å². The fraction of sp³-hybridized carbons (Fsp3) is 0.100. The Morgan fingerprint density at radius 3 is 2.50 bits per heavy atom. The second kappa shape index (κ2) is 7.63. The van der Waals surface area contributed by atoms with E-state index in [9.17, 15) is 0 Å². The summed E-state index contributed by atoms with van der Waals surface area (Å²) in [7, 11) is 0. The van der Waals surface area contributed by atoms with Crippen LogP contribution in [0.4, 0.5) is 5.69 Å². The Morgan fingerprint density at radius 1 is 1.08 bits per heavy atom. The molecular weight excluding hydrogens is 320 g/mol. The molecule has 0 saturated carbocycles. The first kappa shape index (κ1) is 16.0. The van der Waals surface area contributed by atoms with E-state index in [1.807, 2.05) is 55.5 Å². The molecule has 0 unspecified atom stereocenters. The van der Waals surface area contributed by atoms with Gasteiger partial charge in [-0.15, -0.1) is 0 Å². The number of rotatable bonds is 3. The topological polar surface area (TPSA) is 26.5 Å². The zero-order chi connectivity index (χ0) is 16.8. The summed E-state index contributed by atoms with van der Waals surface area (Å²) in [6, 6.07) is 22.6. The molecule has 117 valence electrons. The Bertz CT molecular complexity index is 881. The van der Waals surface area contributed by atoms with Crippen LogP contribution >= 0.6 is 11.6 Å². The van der Waals surface area contributed by atoms with Crippen LogP contribution in [0.15, 0.2) is 60.8 Å². The minimum atomic E-state index is 0.577. The van der Waals surface area contributed by atoms with Gasteiger partial charge in [-0.3, -0.25) is 4.98 Å². The molecule has 3 nitrogen and oxygen atoms in total. The maximum Gasteiger partial charge on any atom is 0.362 e. The maximum absolute atomic E-state index is 6.27. The Labute approximate surface area is 146 Å². The summed E-state index contributed by atoms with van der Waals surface area (Å²) in [4.78, 5) is 8.56. The van der Waals surface area contributed by atoms with Crippen molar-refractivity contribution in [2.24, 2.45) is 0 Å². The number of hydrogen-bond donors (Lipinski definition) is 0. The first-order valence-corrected chi connectivity index (χ1v) is 7.98. The molecule has 0 saturated heterocycles. The predicted molar refractivity (Wildman–Crippen MR) is 96.4 cm³/mol. The van der Waals surface area contributed by atoms with Crippen LogP contribution in [0.3, 0.4) is 0 Å². The van der Waals surface area contributed by atoms with Gasteiger partial charge in [0.1, 0.15) is 17.1 Å². The van der Waals surface area contributed by atoms with E-state index >= 15 is 0 Å². The van der Waals surface area contributed by atoms with Crippen molar-refractivity contribution in [1.82, 2.24) is 4.98 Å². The van der Waals surface area contributed by atoms with Crippen LogP contribution in [0, 0.1) is 12.1 Å². The molecule has 1 radical (unpaired) electrons. The molecule has 1 heterocycles. The van der Waals surface area contributed by atoms with Crippen molar-refractivity contribution < 1.29 is 4.74 Å². The highest BCUT2D eigenvalue weighted by molar-refractivity contribution is 6.33. The van der Waals surface area contributed by atoms with E-state index in [4.69, 9.17) is 16.3 Å². The standard InChI is InChI=1S/C20H15ClN2O/c1-2-18-20(21)19(12-13-22-18)23-14-15-8-10-17(11-9-15)24-16-6-4-3-5-7-16/h4-13H,2H2,1H3/q+1. The Hall–Kier alpha value is -2.83. The van der Waals surface area contributed by atoms with Gasteiger partial charge in [-0.25, -0.2) is 0 Å². The lowest BCUT2D eigenvalue weighted by molar-refractivity contribution is 0.482. The van der Waals surface area contributed by atoms with Crippen LogP contribution in [0.1, 0.15) is 18.2 Å². The van der Waals surface area contributed by atoms with E-state index in [0.717, 1.165) is 29.2 Å². The average Bonchev–Trinajstić information content (AvgIpc) is 2.63. The van der Waals surface area contributed by atoms with Crippen molar-refractivity contribution in [3.05, 3.63) is 88.0 Å². The zero-order valence-electron chi connectivity index (χ0n) is 13.2. The van der Waals surface area contributed by atoms with Crippen LogP contribution in [0.2, 0.25) is 5.02 Å². The second-order valence-corrected chi connectivity index (χ2v) is 5.41. The van der Waals surface area contributed by atoms with E-state index in [1.54, 1.807) is 12.3 Å². The van der Waals surface area contributed by atoms with Gasteiger partial charge in [-0.2, -0.15) is 0 Å². The van der Waals surface area contributed by atoms with Crippen LogP contribution in [0.5, 0.6) is 11.5 Å². The molecule has 3 aromatic rings. The quantitative estimate of drug-likeness (QED) is 0.596. The van der Waals surface area contributed by atoms with Gasteiger partial charge in [-0.1, -0.05) is 30.7 Å². The largest absolute Gasteiger partial charge is 0.457 e. The molecule has 0 atom stereocenters. The van der Waals surface area contributed by atoms with Gasteiger partial charge in [0, 0.05) is 12.3 Å². The van der Waals surface area contributed by atoms with Gasteiger partial charge in [0.25, 0.3) is 0 Å². The third kappa shape index (κ3) is 3.92. The summed E-state index contributed by atoms with van der Waals surface area (Å²) in [5.41, 5.74) is 2.35. The average molecular weight is 335 g/mol. The molecular formula is C20H15ClN2O+. The number of aryl methyl sites for hydroxylation is 1. The van der Waals surface area contributed by atoms with Gasteiger partial charge >= 0.3 is 11.8 Å². The predicted octanol–water partition coefficient (Wildman–Crippen LogP) is 5.90. The summed E-state index contributed by atoms with van der Waals surface area (Å²) in [6.45, 7) is 2.01. The molecule has 0 spiro atoms. The van der Waals surface area contributed by atoms with E-state index in [0.29, 0.717) is 10.7 Å². The van der Waals surface area contributed by atoms with Crippen LogP contribution in [-0.2, 0) is 6.42 Å². The van der Waals surface area contributed by atoms with Gasteiger partial charge in [0.15, 0.2) is 5.02 Å². The van der Waals surface area contributed by atoms with Crippen molar-refractivity contribution >= 4 is 17.3 Å². The minimum Gasteiger partial charge on any atom is -0.457 e. The lowest BCUT2D eigenvalue weighted by Crippen LogP contribution is -1.86. The second-order valence-electron chi connectivity index (χ2n) is 5.03. The minimum absolute atomic E-state index is 0.577. The summed E-state index contributed by atoms with van der Waals surface area (Å²) >= 11 is 6.27. The Morgan fingerprint density at radius 2 is 1.79 bits per heavy atom. The molecule has 0 aliphatic carbocycles. The third-order valence-corrected chi connectivity index (χ3v) is 3.77. The van der Waals surface area contributed by atoms with Crippen LogP contribution in [0.25, 0.3) is 4.85 Å². The van der Waals surface area contributed by atoms with E-state index < -0.39 is 0 Å². The summed E-state index contributed by atoms with van der Waals surface area (Å²) in [5, 5.41) is 0.577. The first-order chi connectivity index (χ1) is 11.8. The van der Waals surface area contributed by atoms with Gasteiger partial charge in [-0.05, 0) is 53.7 Å². The molecule has 1 aromatic heterocycles. The van der Waals surface area contributed by atoms with Crippen molar-refractivity contribution in [1.29, 1.82) is 0 Å². The fourth-order valence-corrected chi connectivity index (χ4v) is 2.39. The highest BCUT2D eigenvalue weighted by Crippen LogP contribution is 2.27. The molecule has 0 amide bonds. The number of pyridine rings is 1.